The number of ether oxygens (including phenoxy) is 1. The molecule has 0 bridgehead atoms. The van der Waals surface area contributed by atoms with E-state index in [0.29, 0.717) is 4.68 Å². The van der Waals surface area contributed by atoms with Crippen LogP contribution in [0.15, 0.2) is 0 Å². The van der Waals surface area contributed by atoms with Gasteiger partial charge >= 0.3 is 12.1 Å². The second kappa shape index (κ2) is 5.78. The molecule has 0 aliphatic carbocycles. The molecule has 1 aromatic heterocycles. The normalized spacial score (nSPS) is 11.8. The van der Waals surface area contributed by atoms with E-state index in [9.17, 15) is 18.0 Å². The summed E-state index contributed by atoms with van der Waals surface area (Å²) in [4.78, 5) is 10.6. The van der Waals surface area contributed by atoms with Gasteiger partial charge in [-0.15, -0.1) is 5.10 Å². The summed E-state index contributed by atoms with van der Waals surface area (Å²) in [5.41, 5.74) is -2.58. The van der Waals surface area contributed by atoms with E-state index >= 15 is 0 Å². The molecule has 2 N–H and O–H groups in total. The number of aliphatic hydroxyl groups excluding tert-OH is 1. The number of carboxylic acid groups (broad SMARTS) is 1. The molecule has 0 fully saturated rings. The SMILES string of the molecule is O=C(O)c1nnn(CCOCCO)c1C(F)(F)F. The first-order valence-corrected chi connectivity index (χ1v) is 4.80. The molecule has 0 amide bonds. The Morgan fingerprint density at radius 2 is 2.06 bits per heavy atom. The van der Waals surface area contributed by atoms with Crippen LogP contribution < -0.4 is 0 Å². The van der Waals surface area contributed by atoms with E-state index in [0.717, 1.165) is 0 Å². The highest BCUT2D eigenvalue weighted by molar-refractivity contribution is 5.86. The summed E-state index contributed by atoms with van der Waals surface area (Å²) in [6.07, 6.45) is -4.87. The Labute approximate surface area is 98.8 Å². The van der Waals surface area contributed by atoms with Gasteiger partial charge in [-0.25, -0.2) is 9.48 Å². The number of carbonyl (C=O) groups is 1. The van der Waals surface area contributed by atoms with Crippen LogP contribution in [-0.4, -0.2) is 51.0 Å². The van der Waals surface area contributed by atoms with Crippen LogP contribution in [0, 0.1) is 0 Å². The Hall–Kier alpha value is -1.68. The number of aromatic carboxylic acids is 1. The minimum Gasteiger partial charge on any atom is -0.476 e. The van der Waals surface area contributed by atoms with Crippen molar-refractivity contribution in [3.05, 3.63) is 11.4 Å². The highest BCUT2D eigenvalue weighted by atomic mass is 19.4. The lowest BCUT2D eigenvalue weighted by atomic mass is 10.3. The molecule has 1 aromatic rings. The van der Waals surface area contributed by atoms with E-state index in [2.05, 4.69) is 10.3 Å². The first-order chi connectivity index (χ1) is 8.38. The summed E-state index contributed by atoms with van der Waals surface area (Å²) in [6.45, 7) is -0.743. The standard InChI is InChI=1S/C8H10F3N3O4/c9-8(10,11)6-5(7(16)17)12-13-14(6)1-3-18-4-2-15/h15H,1-4H2,(H,16,17). The Morgan fingerprint density at radius 3 is 2.56 bits per heavy atom. The number of alkyl halides is 3. The molecule has 102 valence electrons. The van der Waals surface area contributed by atoms with Gasteiger partial charge in [0.05, 0.1) is 26.4 Å². The van der Waals surface area contributed by atoms with E-state index in [4.69, 9.17) is 14.9 Å². The van der Waals surface area contributed by atoms with E-state index < -0.39 is 23.5 Å². The summed E-state index contributed by atoms with van der Waals surface area (Å²) in [5.74, 6) is -1.80. The van der Waals surface area contributed by atoms with Crippen LogP contribution in [0.5, 0.6) is 0 Å². The van der Waals surface area contributed by atoms with Gasteiger partial charge in [0.1, 0.15) is 0 Å². The fraction of sp³-hybridized carbons (Fsp3) is 0.625. The summed E-state index contributed by atoms with van der Waals surface area (Å²) < 4.78 is 43.1. The van der Waals surface area contributed by atoms with Crippen LogP contribution in [-0.2, 0) is 17.5 Å². The van der Waals surface area contributed by atoms with Crippen molar-refractivity contribution in [1.82, 2.24) is 15.0 Å². The fourth-order valence-electron chi connectivity index (χ4n) is 1.21. The maximum absolute atomic E-state index is 12.6. The highest BCUT2D eigenvalue weighted by Gasteiger charge is 2.41. The van der Waals surface area contributed by atoms with Gasteiger partial charge in [0.15, 0.2) is 5.69 Å². The summed E-state index contributed by atoms with van der Waals surface area (Å²) in [7, 11) is 0. The first kappa shape index (κ1) is 14.4. The van der Waals surface area contributed by atoms with Gasteiger partial charge in [-0.3, -0.25) is 0 Å². The van der Waals surface area contributed by atoms with Gasteiger partial charge in [0.2, 0.25) is 5.69 Å². The Kier molecular flexibility index (Phi) is 4.62. The predicted octanol–water partition coefficient (Wildman–Crippen LogP) is 0.00400. The van der Waals surface area contributed by atoms with Gasteiger partial charge in [-0.1, -0.05) is 5.21 Å². The maximum Gasteiger partial charge on any atom is 0.435 e. The summed E-state index contributed by atoms with van der Waals surface area (Å²) >= 11 is 0. The average molecular weight is 269 g/mol. The third-order valence-corrected chi connectivity index (χ3v) is 1.89. The minimum absolute atomic E-state index is 0.0260. The van der Waals surface area contributed by atoms with Gasteiger partial charge in [0.25, 0.3) is 0 Å². The van der Waals surface area contributed by atoms with Gasteiger partial charge in [-0.2, -0.15) is 13.2 Å². The molecule has 18 heavy (non-hydrogen) atoms. The third-order valence-electron chi connectivity index (χ3n) is 1.89. The molecule has 0 radical (unpaired) electrons. The smallest absolute Gasteiger partial charge is 0.435 e. The summed E-state index contributed by atoms with van der Waals surface area (Å²) in [6, 6.07) is 0. The monoisotopic (exact) mass is 269 g/mol. The van der Waals surface area contributed by atoms with Gasteiger partial charge in [0, 0.05) is 0 Å². The third kappa shape index (κ3) is 3.40. The molecule has 10 heteroatoms. The van der Waals surface area contributed by atoms with Crippen LogP contribution in [0.25, 0.3) is 0 Å². The molecule has 0 unspecified atom stereocenters. The van der Waals surface area contributed by atoms with E-state index in [1.54, 1.807) is 0 Å². The van der Waals surface area contributed by atoms with Crippen LogP contribution in [0.4, 0.5) is 13.2 Å². The lowest BCUT2D eigenvalue weighted by molar-refractivity contribution is -0.145. The van der Waals surface area contributed by atoms with Crippen LogP contribution in [0.2, 0.25) is 0 Å². The molecule has 7 nitrogen and oxygen atoms in total. The second-order valence-electron chi connectivity index (χ2n) is 3.15. The van der Waals surface area contributed by atoms with E-state index in [-0.39, 0.29) is 26.4 Å². The Balaban J connectivity index is 2.88. The van der Waals surface area contributed by atoms with Crippen LogP contribution >= 0.6 is 0 Å². The maximum atomic E-state index is 12.6. The van der Waals surface area contributed by atoms with Crippen molar-refractivity contribution in [1.29, 1.82) is 0 Å². The number of aromatic nitrogens is 3. The number of hydrogen-bond donors (Lipinski definition) is 2. The molecule has 0 saturated carbocycles. The van der Waals surface area contributed by atoms with Gasteiger partial charge in [-0.05, 0) is 0 Å². The summed E-state index contributed by atoms with van der Waals surface area (Å²) in [5, 5.41) is 23.1. The lowest BCUT2D eigenvalue weighted by Crippen LogP contribution is -2.20. The van der Waals surface area contributed by atoms with Crippen LogP contribution in [0.1, 0.15) is 16.2 Å². The van der Waals surface area contributed by atoms with Crippen molar-refractivity contribution >= 4 is 5.97 Å². The topological polar surface area (TPSA) is 97.5 Å². The Morgan fingerprint density at radius 1 is 1.39 bits per heavy atom. The average Bonchev–Trinajstić information content (AvgIpc) is 2.68. The molecule has 1 rings (SSSR count). The predicted molar refractivity (Wildman–Crippen MR) is 49.9 cm³/mol. The Bertz CT molecular complexity index is 418. The van der Waals surface area contributed by atoms with Crippen LogP contribution in [0.3, 0.4) is 0 Å². The first-order valence-electron chi connectivity index (χ1n) is 4.80. The van der Waals surface area contributed by atoms with E-state index in [1.807, 2.05) is 0 Å². The van der Waals surface area contributed by atoms with Crippen molar-refractivity contribution in [3.63, 3.8) is 0 Å². The molecule has 0 aliphatic heterocycles. The zero-order valence-corrected chi connectivity index (χ0v) is 9.01. The highest BCUT2D eigenvalue weighted by Crippen LogP contribution is 2.30. The van der Waals surface area contributed by atoms with Gasteiger partial charge < -0.3 is 14.9 Å². The molecular formula is C8H10F3N3O4. The molecular weight excluding hydrogens is 259 g/mol. The van der Waals surface area contributed by atoms with Crippen molar-refractivity contribution in [2.24, 2.45) is 0 Å². The number of rotatable bonds is 6. The number of aliphatic hydroxyl groups is 1. The minimum atomic E-state index is -4.87. The second-order valence-corrected chi connectivity index (χ2v) is 3.15. The fourth-order valence-corrected chi connectivity index (χ4v) is 1.21. The number of carboxylic acids is 1. The zero-order valence-electron chi connectivity index (χ0n) is 9.01. The molecule has 0 aliphatic rings. The van der Waals surface area contributed by atoms with Crippen molar-refractivity contribution in [2.45, 2.75) is 12.7 Å². The zero-order chi connectivity index (χ0) is 13.8. The molecule has 0 spiro atoms. The number of hydrogen-bond acceptors (Lipinski definition) is 5. The molecule has 0 saturated heterocycles. The number of halogens is 3. The quantitative estimate of drug-likeness (QED) is 0.706. The number of nitrogens with zero attached hydrogens (tertiary/aromatic N) is 3. The van der Waals surface area contributed by atoms with Crippen molar-refractivity contribution < 1.29 is 32.9 Å². The molecule has 0 aromatic carbocycles. The lowest BCUT2D eigenvalue weighted by Gasteiger charge is -2.09. The molecule has 1 heterocycles. The molecule has 0 atom stereocenters. The largest absolute Gasteiger partial charge is 0.476 e. The van der Waals surface area contributed by atoms with Crippen molar-refractivity contribution in [3.8, 4) is 0 Å². The van der Waals surface area contributed by atoms with Crippen molar-refractivity contribution in [2.75, 3.05) is 19.8 Å². The van der Waals surface area contributed by atoms with E-state index in [1.165, 1.54) is 0 Å².